The third kappa shape index (κ3) is 4.78. The minimum atomic E-state index is -0.524. The van der Waals surface area contributed by atoms with Gasteiger partial charge in [-0.1, -0.05) is 0 Å². The second-order valence-electron chi connectivity index (χ2n) is 8.93. The summed E-state index contributed by atoms with van der Waals surface area (Å²) in [5.74, 6) is 0.952. The van der Waals surface area contributed by atoms with Gasteiger partial charge in [0.05, 0.1) is 5.54 Å². The van der Waals surface area contributed by atoms with E-state index in [9.17, 15) is 9.59 Å². The molecule has 1 aromatic heterocycles. The van der Waals surface area contributed by atoms with E-state index in [1.165, 1.54) is 9.75 Å². The molecule has 0 bridgehead atoms. The Hall–Kier alpha value is -1.56. The number of hydrogen-bond donors (Lipinski definition) is 2. The average molecular weight is 379 g/mol. The summed E-state index contributed by atoms with van der Waals surface area (Å²) in [6.07, 6.45) is 2.67. The molecule has 0 spiro atoms. The number of rotatable bonds is 6. The molecule has 2 amide bonds. The van der Waals surface area contributed by atoms with Gasteiger partial charge in [-0.3, -0.25) is 4.79 Å². The quantitative estimate of drug-likeness (QED) is 0.787. The molecule has 26 heavy (non-hydrogen) atoms. The van der Waals surface area contributed by atoms with Crippen molar-refractivity contribution in [3.05, 3.63) is 21.9 Å². The molecule has 0 radical (unpaired) electrons. The van der Waals surface area contributed by atoms with Gasteiger partial charge < -0.3 is 15.4 Å². The summed E-state index contributed by atoms with van der Waals surface area (Å²) in [7, 11) is 0. The number of carbonyl (C=O) groups excluding carboxylic acids is 2. The molecule has 144 valence electrons. The van der Waals surface area contributed by atoms with E-state index in [1.807, 2.05) is 27.7 Å². The fourth-order valence-corrected chi connectivity index (χ4v) is 4.46. The number of nitrogens with one attached hydrogen (secondary N) is 2. The first kappa shape index (κ1) is 19.2. The van der Waals surface area contributed by atoms with Gasteiger partial charge in [-0.05, 0) is 71.9 Å². The Morgan fingerprint density at radius 1 is 1.23 bits per heavy atom. The average Bonchev–Trinajstić information content (AvgIpc) is 3.41. The third-order valence-electron chi connectivity index (χ3n) is 5.14. The molecule has 2 N–H and O–H groups in total. The van der Waals surface area contributed by atoms with Crippen LogP contribution in [0.4, 0.5) is 4.79 Å². The first-order chi connectivity index (χ1) is 12.1. The predicted octanol–water partition coefficient (Wildman–Crippen LogP) is 3.97. The topological polar surface area (TPSA) is 67.4 Å². The molecule has 0 aromatic carbocycles. The molecule has 2 aliphatic rings. The van der Waals surface area contributed by atoms with E-state index < -0.39 is 17.2 Å². The summed E-state index contributed by atoms with van der Waals surface area (Å²) in [6, 6.07) is 4.26. The zero-order valence-electron chi connectivity index (χ0n) is 16.3. The Labute approximate surface area is 159 Å². The zero-order chi connectivity index (χ0) is 19.1. The van der Waals surface area contributed by atoms with Crippen molar-refractivity contribution < 1.29 is 14.3 Å². The van der Waals surface area contributed by atoms with Gasteiger partial charge in [-0.15, -0.1) is 11.3 Å². The van der Waals surface area contributed by atoms with Crippen LogP contribution in [0.25, 0.3) is 0 Å². The Morgan fingerprint density at radius 2 is 1.92 bits per heavy atom. The van der Waals surface area contributed by atoms with Gasteiger partial charge in [0.15, 0.2) is 0 Å². The van der Waals surface area contributed by atoms with Crippen LogP contribution in [0, 0.1) is 18.8 Å². The van der Waals surface area contributed by atoms with E-state index in [0.29, 0.717) is 18.4 Å². The molecule has 2 aliphatic carbocycles. The number of aryl methyl sites for hydroxylation is 1. The van der Waals surface area contributed by atoms with Crippen LogP contribution >= 0.6 is 11.3 Å². The summed E-state index contributed by atoms with van der Waals surface area (Å²) in [4.78, 5) is 27.3. The second kappa shape index (κ2) is 6.87. The van der Waals surface area contributed by atoms with Crippen LogP contribution in [0.1, 0.15) is 62.6 Å². The van der Waals surface area contributed by atoms with Gasteiger partial charge in [0.2, 0.25) is 5.91 Å². The van der Waals surface area contributed by atoms with E-state index in [0.717, 1.165) is 19.3 Å². The lowest BCUT2D eigenvalue weighted by atomic mass is 9.95. The van der Waals surface area contributed by atoms with Crippen LogP contribution in [0.2, 0.25) is 0 Å². The molecule has 3 rings (SSSR count). The normalized spacial score (nSPS) is 24.5. The van der Waals surface area contributed by atoms with Crippen LogP contribution in [0.15, 0.2) is 12.1 Å². The molecule has 3 unspecified atom stereocenters. The first-order valence-corrected chi connectivity index (χ1v) is 10.2. The van der Waals surface area contributed by atoms with E-state index in [1.54, 1.807) is 11.3 Å². The molecule has 3 atom stereocenters. The molecule has 1 aromatic rings. The van der Waals surface area contributed by atoms with Crippen LogP contribution in [-0.2, 0) is 9.53 Å². The van der Waals surface area contributed by atoms with Crippen molar-refractivity contribution in [1.82, 2.24) is 10.6 Å². The lowest BCUT2D eigenvalue weighted by molar-refractivity contribution is -0.124. The number of amides is 2. The maximum atomic E-state index is 12.8. The molecule has 2 saturated carbocycles. The van der Waals surface area contributed by atoms with Crippen LogP contribution in [0.3, 0.4) is 0 Å². The summed E-state index contributed by atoms with van der Waals surface area (Å²) in [5, 5.41) is 6.08. The summed E-state index contributed by atoms with van der Waals surface area (Å²) in [5.41, 5.74) is -0.935. The molecule has 2 fully saturated rings. The van der Waals surface area contributed by atoms with Gasteiger partial charge in [-0.25, -0.2) is 4.79 Å². The van der Waals surface area contributed by atoms with Crippen molar-refractivity contribution in [3.63, 3.8) is 0 Å². The van der Waals surface area contributed by atoms with Crippen molar-refractivity contribution >= 4 is 23.3 Å². The van der Waals surface area contributed by atoms with E-state index in [-0.39, 0.29) is 11.8 Å². The van der Waals surface area contributed by atoms with Gasteiger partial charge >= 0.3 is 6.09 Å². The maximum absolute atomic E-state index is 12.8. The number of thiophene rings is 1. The highest BCUT2D eigenvalue weighted by Gasteiger charge is 2.49. The maximum Gasteiger partial charge on any atom is 0.407 e. The van der Waals surface area contributed by atoms with Gasteiger partial charge in [-0.2, -0.15) is 0 Å². The number of alkyl carbamates (subject to hydrolysis) is 1. The SMILES string of the molecule is Cc1ccc(C2CC2C(=O)NC(C)(CNC(=O)OC(C)(C)C)C2CC2)s1. The molecular formula is C20H30N2O3S. The summed E-state index contributed by atoms with van der Waals surface area (Å²) >= 11 is 1.78. The van der Waals surface area contributed by atoms with Gasteiger partial charge in [0, 0.05) is 28.1 Å². The summed E-state index contributed by atoms with van der Waals surface area (Å²) < 4.78 is 5.31. The largest absolute Gasteiger partial charge is 0.444 e. The lowest BCUT2D eigenvalue weighted by Crippen LogP contribution is -2.56. The molecule has 6 heteroatoms. The molecule has 1 heterocycles. The minimum absolute atomic E-state index is 0.0626. The van der Waals surface area contributed by atoms with E-state index >= 15 is 0 Å². The molecule has 0 saturated heterocycles. The second-order valence-corrected chi connectivity index (χ2v) is 10.3. The number of ether oxygens (including phenoxy) is 1. The number of carbonyl (C=O) groups is 2. The van der Waals surface area contributed by atoms with Gasteiger partial charge in [0.1, 0.15) is 5.60 Å². The lowest BCUT2D eigenvalue weighted by Gasteiger charge is -2.32. The Balaban J connectivity index is 1.55. The Morgan fingerprint density at radius 3 is 2.46 bits per heavy atom. The first-order valence-electron chi connectivity index (χ1n) is 9.42. The Bertz CT molecular complexity index is 689. The van der Waals surface area contributed by atoms with Crippen LogP contribution in [-0.4, -0.2) is 29.7 Å². The van der Waals surface area contributed by atoms with E-state index in [4.69, 9.17) is 4.74 Å². The van der Waals surface area contributed by atoms with Crippen molar-refractivity contribution in [2.75, 3.05) is 6.54 Å². The van der Waals surface area contributed by atoms with E-state index in [2.05, 4.69) is 29.7 Å². The zero-order valence-corrected chi connectivity index (χ0v) is 17.2. The van der Waals surface area contributed by atoms with Crippen molar-refractivity contribution in [3.8, 4) is 0 Å². The highest BCUT2D eigenvalue weighted by atomic mass is 32.1. The van der Waals surface area contributed by atoms with Crippen LogP contribution < -0.4 is 10.6 Å². The number of hydrogen-bond acceptors (Lipinski definition) is 4. The third-order valence-corrected chi connectivity index (χ3v) is 6.27. The smallest absolute Gasteiger partial charge is 0.407 e. The molecular weight excluding hydrogens is 348 g/mol. The fourth-order valence-electron chi connectivity index (χ4n) is 3.41. The highest BCUT2D eigenvalue weighted by Crippen LogP contribution is 2.50. The Kier molecular flexibility index (Phi) is 5.08. The molecule has 5 nitrogen and oxygen atoms in total. The van der Waals surface area contributed by atoms with Crippen molar-refractivity contribution in [2.45, 2.75) is 70.9 Å². The summed E-state index contributed by atoms with van der Waals surface area (Å²) in [6.45, 7) is 10.1. The molecule has 0 aliphatic heterocycles. The standard InChI is InChI=1S/C20H30N2O3S/c1-12-6-9-16(26-12)14-10-15(14)17(23)22-20(5,13-7-8-13)11-21-18(24)25-19(2,3)4/h6,9,13-15H,7-8,10-11H2,1-5H3,(H,21,24)(H,22,23). The monoisotopic (exact) mass is 378 g/mol. The van der Waals surface area contributed by atoms with Crippen LogP contribution in [0.5, 0.6) is 0 Å². The highest BCUT2D eigenvalue weighted by molar-refractivity contribution is 7.12. The fraction of sp³-hybridized carbons (Fsp3) is 0.700. The van der Waals surface area contributed by atoms with Gasteiger partial charge in [0.25, 0.3) is 0 Å². The minimum Gasteiger partial charge on any atom is -0.444 e. The van der Waals surface area contributed by atoms with Crippen molar-refractivity contribution in [1.29, 1.82) is 0 Å². The van der Waals surface area contributed by atoms with Crippen molar-refractivity contribution in [2.24, 2.45) is 11.8 Å². The predicted molar refractivity (Wildman–Crippen MR) is 103 cm³/mol.